The predicted octanol–water partition coefficient (Wildman–Crippen LogP) is 1.47. The Labute approximate surface area is 123 Å². The molecule has 0 atom stereocenters. The van der Waals surface area contributed by atoms with Crippen molar-refractivity contribution < 1.29 is 19.4 Å². The first-order chi connectivity index (χ1) is 9.97. The molecule has 7 nitrogen and oxygen atoms in total. The molecule has 0 aliphatic rings. The minimum atomic E-state index is -1.11. The number of ether oxygens (including phenoxy) is 1. The fourth-order valence-electron chi connectivity index (χ4n) is 1.63. The Morgan fingerprint density at radius 2 is 2.10 bits per heavy atom. The quantitative estimate of drug-likeness (QED) is 0.708. The van der Waals surface area contributed by atoms with Crippen LogP contribution in [-0.2, 0) is 0 Å². The summed E-state index contributed by atoms with van der Waals surface area (Å²) in [7, 11) is 3.42. The lowest BCUT2D eigenvalue weighted by Gasteiger charge is -2.15. The number of hydrogen-bond donors (Lipinski definition) is 3. The Bertz CT molecular complexity index is 505. The van der Waals surface area contributed by atoms with E-state index in [-0.39, 0.29) is 11.3 Å². The van der Waals surface area contributed by atoms with Gasteiger partial charge >= 0.3 is 12.0 Å². The number of carbonyl (C=O) groups excluding carboxylic acids is 1. The van der Waals surface area contributed by atoms with E-state index in [9.17, 15) is 9.59 Å². The second kappa shape index (κ2) is 8.11. The molecule has 0 aromatic heterocycles. The zero-order chi connectivity index (χ0) is 15.8. The van der Waals surface area contributed by atoms with Crippen LogP contribution >= 0.6 is 0 Å². The molecule has 0 unspecified atom stereocenters. The predicted molar refractivity (Wildman–Crippen MR) is 80.1 cm³/mol. The fraction of sp³-hybridized carbons (Fsp3) is 0.429. The van der Waals surface area contributed by atoms with E-state index in [2.05, 4.69) is 15.5 Å². The van der Waals surface area contributed by atoms with E-state index in [4.69, 9.17) is 9.84 Å². The molecular weight excluding hydrogens is 274 g/mol. The van der Waals surface area contributed by atoms with Crippen molar-refractivity contribution >= 4 is 17.7 Å². The standard InChI is InChI=1S/C14H21N3O4/c1-4-17(2)8-7-15-14(20)16-12-9-10(21-3)5-6-11(12)13(18)19/h5-6,9H,4,7-8H2,1-3H3,(H,18,19)(H2,15,16,20). The zero-order valence-corrected chi connectivity index (χ0v) is 12.5. The topological polar surface area (TPSA) is 90.9 Å². The van der Waals surface area contributed by atoms with E-state index in [0.717, 1.165) is 6.54 Å². The van der Waals surface area contributed by atoms with Crippen LogP contribution in [0.25, 0.3) is 0 Å². The summed E-state index contributed by atoms with van der Waals surface area (Å²) >= 11 is 0. The molecule has 116 valence electrons. The van der Waals surface area contributed by atoms with Gasteiger partial charge in [0.05, 0.1) is 18.4 Å². The van der Waals surface area contributed by atoms with Gasteiger partial charge in [-0.25, -0.2) is 9.59 Å². The first-order valence-corrected chi connectivity index (χ1v) is 6.62. The van der Waals surface area contributed by atoms with Gasteiger partial charge in [0.1, 0.15) is 5.75 Å². The van der Waals surface area contributed by atoms with Gasteiger partial charge in [0, 0.05) is 19.2 Å². The highest BCUT2D eigenvalue weighted by molar-refractivity contribution is 6.00. The molecule has 0 radical (unpaired) electrons. The highest BCUT2D eigenvalue weighted by Gasteiger charge is 2.13. The SMILES string of the molecule is CCN(C)CCNC(=O)Nc1cc(OC)ccc1C(=O)O. The number of amides is 2. The van der Waals surface area contributed by atoms with Gasteiger partial charge in [-0.3, -0.25) is 0 Å². The van der Waals surface area contributed by atoms with Gasteiger partial charge in [-0.2, -0.15) is 0 Å². The number of hydrogen-bond acceptors (Lipinski definition) is 4. The van der Waals surface area contributed by atoms with Crippen LogP contribution in [0, 0.1) is 0 Å². The van der Waals surface area contributed by atoms with Gasteiger partial charge in [-0.05, 0) is 25.7 Å². The Morgan fingerprint density at radius 1 is 1.38 bits per heavy atom. The van der Waals surface area contributed by atoms with Gasteiger partial charge in [-0.1, -0.05) is 6.92 Å². The second-order valence-corrected chi connectivity index (χ2v) is 4.49. The molecule has 7 heteroatoms. The van der Waals surface area contributed by atoms with Gasteiger partial charge in [0.2, 0.25) is 0 Å². The van der Waals surface area contributed by atoms with Crippen LogP contribution in [0.1, 0.15) is 17.3 Å². The largest absolute Gasteiger partial charge is 0.497 e. The van der Waals surface area contributed by atoms with E-state index in [1.807, 2.05) is 14.0 Å². The maximum absolute atomic E-state index is 11.8. The van der Waals surface area contributed by atoms with E-state index < -0.39 is 12.0 Å². The molecule has 1 rings (SSSR count). The molecule has 0 aliphatic heterocycles. The van der Waals surface area contributed by atoms with Crippen molar-refractivity contribution in [1.29, 1.82) is 0 Å². The Balaban J connectivity index is 2.68. The number of urea groups is 1. The number of anilines is 1. The minimum absolute atomic E-state index is 0.0108. The highest BCUT2D eigenvalue weighted by atomic mass is 16.5. The molecular formula is C14H21N3O4. The van der Waals surface area contributed by atoms with Crippen LogP contribution in [0.4, 0.5) is 10.5 Å². The van der Waals surface area contributed by atoms with Crippen LogP contribution in [0.15, 0.2) is 18.2 Å². The van der Waals surface area contributed by atoms with Crippen LogP contribution in [0.2, 0.25) is 0 Å². The number of methoxy groups -OCH3 is 1. The normalized spacial score (nSPS) is 10.3. The van der Waals surface area contributed by atoms with Crippen molar-refractivity contribution in [2.45, 2.75) is 6.92 Å². The molecule has 21 heavy (non-hydrogen) atoms. The van der Waals surface area contributed by atoms with Gasteiger partial charge in [-0.15, -0.1) is 0 Å². The third-order valence-corrected chi connectivity index (χ3v) is 3.02. The highest BCUT2D eigenvalue weighted by Crippen LogP contribution is 2.22. The van der Waals surface area contributed by atoms with E-state index in [0.29, 0.717) is 18.8 Å². The molecule has 2 amide bonds. The summed E-state index contributed by atoms with van der Waals surface area (Å²) in [6, 6.07) is 3.95. The summed E-state index contributed by atoms with van der Waals surface area (Å²) in [5.74, 6) is -0.639. The lowest BCUT2D eigenvalue weighted by molar-refractivity contribution is 0.0698. The van der Waals surface area contributed by atoms with Crippen molar-refractivity contribution in [1.82, 2.24) is 10.2 Å². The van der Waals surface area contributed by atoms with Crippen LogP contribution in [0.3, 0.4) is 0 Å². The summed E-state index contributed by atoms with van der Waals surface area (Å²) in [5.41, 5.74) is 0.208. The number of rotatable bonds is 7. The van der Waals surface area contributed by atoms with E-state index in [1.54, 1.807) is 0 Å². The number of aromatic carboxylic acids is 1. The first kappa shape index (κ1) is 16.8. The van der Waals surface area contributed by atoms with E-state index in [1.165, 1.54) is 25.3 Å². The lowest BCUT2D eigenvalue weighted by Crippen LogP contribution is -2.35. The summed E-state index contributed by atoms with van der Waals surface area (Å²) in [4.78, 5) is 25.0. The number of benzene rings is 1. The first-order valence-electron chi connectivity index (χ1n) is 6.62. The maximum atomic E-state index is 11.8. The van der Waals surface area contributed by atoms with Crippen molar-refractivity contribution in [3.8, 4) is 5.75 Å². The number of carboxylic acid groups (broad SMARTS) is 1. The van der Waals surface area contributed by atoms with Crippen molar-refractivity contribution in [3.63, 3.8) is 0 Å². The third kappa shape index (κ3) is 5.31. The fourth-order valence-corrected chi connectivity index (χ4v) is 1.63. The monoisotopic (exact) mass is 295 g/mol. The molecule has 3 N–H and O–H groups in total. The van der Waals surface area contributed by atoms with Crippen LogP contribution in [-0.4, -0.2) is 55.8 Å². The second-order valence-electron chi connectivity index (χ2n) is 4.49. The molecule has 0 heterocycles. The average molecular weight is 295 g/mol. The molecule has 0 saturated carbocycles. The van der Waals surface area contributed by atoms with Crippen molar-refractivity contribution in [2.24, 2.45) is 0 Å². The molecule has 0 saturated heterocycles. The molecule has 1 aromatic carbocycles. The third-order valence-electron chi connectivity index (χ3n) is 3.02. The summed E-state index contributed by atoms with van der Waals surface area (Å²) < 4.78 is 5.03. The molecule has 0 spiro atoms. The summed E-state index contributed by atoms with van der Waals surface area (Å²) in [5, 5.41) is 14.3. The maximum Gasteiger partial charge on any atom is 0.337 e. The number of nitrogens with one attached hydrogen (secondary N) is 2. The Hall–Kier alpha value is -2.28. The van der Waals surface area contributed by atoms with Crippen LogP contribution < -0.4 is 15.4 Å². The van der Waals surface area contributed by atoms with Gasteiger partial charge in [0.15, 0.2) is 0 Å². The van der Waals surface area contributed by atoms with E-state index >= 15 is 0 Å². The molecule has 0 bridgehead atoms. The van der Waals surface area contributed by atoms with Gasteiger partial charge in [0.25, 0.3) is 0 Å². The Morgan fingerprint density at radius 3 is 2.67 bits per heavy atom. The molecule has 0 aliphatic carbocycles. The van der Waals surface area contributed by atoms with Crippen molar-refractivity contribution in [3.05, 3.63) is 23.8 Å². The number of carbonyl (C=O) groups is 2. The summed E-state index contributed by atoms with van der Waals surface area (Å²) in [6.45, 7) is 4.11. The van der Waals surface area contributed by atoms with Crippen molar-refractivity contribution in [2.75, 3.05) is 39.1 Å². The molecule has 0 fully saturated rings. The number of carboxylic acids is 1. The minimum Gasteiger partial charge on any atom is -0.497 e. The van der Waals surface area contributed by atoms with Crippen LogP contribution in [0.5, 0.6) is 5.75 Å². The number of nitrogens with zero attached hydrogens (tertiary/aromatic N) is 1. The van der Waals surface area contributed by atoms with Gasteiger partial charge < -0.3 is 25.4 Å². The summed E-state index contributed by atoms with van der Waals surface area (Å²) in [6.07, 6.45) is 0. The lowest BCUT2D eigenvalue weighted by atomic mass is 10.1. The number of likely N-dealkylation sites (N-methyl/N-ethyl adjacent to an activating group) is 1. The smallest absolute Gasteiger partial charge is 0.337 e. The Kier molecular flexibility index (Phi) is 6.48. The average Bonchev–Trinajstić information content (AvgIpc) is 2.46. The zero-order valence-electron chi connectivity index (χ0n) is 12.5. The molecule has 1 aromatic rings.